The van der Waals surface area contributed by atoms with E-state index in [1.165, 1.54) is 0 Å². The number of rotatable bonds is 4. The molecule has 3 N–H and O–H groups in total. The van der Waals surface area contributed by atoms with Gasteiger partial charge in [0.2, 0.25) is 0 Å². The zero-order chi connectivity index (χ0) is 19.2. The van der Waals surface area contributed by atoms with Crippen LogP contribution in [0.1, 0.15) is 71.6 Å². The molecule has 1 unspecified atom stereocenters. The van der Waals surface area contributed by atoms with E-state index in [-0.39, 0.29) is 22.9 Å². The van der Waals surface area contributed by atoms with E-state index in [4.69, 9.17) is 10.6 Å². The Balaban J connectivity index is 1.50. The number of fused-ring (bicyclic) bond motifs is 5. The Morgan fingerprint density at radius 2 is 1.81 bits per heavy atom. The Morgan fingerprint density at radius 3 is 2.59 bits per heavy atom. The average molecular weight is 381 g/mol. The van der Waals surface area contributed by atoms with Crippen LogP contribution in [0.15, 0.2) is 5.16 Å². The zero-order valence-electron chi connectivity index (χ0n) is 17.0. The second kappa shape index (κ2) is 7.29. The number of hydrogen-bond acceptors (Lipinski definition) is 4. The fraction of sp³-hybridized carbons (Fsp3) is 0.955. The molecule has 0 aromatic carbocycles. The molecule has 0 aromatic rings. The Morgan fingerprint density at radius 1 is 1.07 bits per heavy atom. The molecule has 0 amide bonds. The summed E-state index contributed by atoms with van der Waals surface area (Å²) in [5.74, 6) is 1.95. The van der Waals surface area contributed by atoms with Gasteiger partial charge in [0.05, 0.1) is 11.8 Å². The van der Waals surface area contributed by atoms with Gasteiger partial charge in [-0.2, -0.15) is 0 Å². The molecular formula is C22H37FN2O2. The lowest BCUT2D eigenvalue weighted by Crippen LogP contribution is -2.57. The summed E-state index contributed by atoms with van der Waals surface area (Å²) in [6.07, 6.45) is 7.79. The molecule has 0 heterocycles. The van der Waals surface area contributed by atoms with Crippen molar-refractivity contribution in [3.63, 3.8) is 0 Å². The number of oxime groups is 1. The van der Waals surface area contributed by atoms with E-state index in [0.717, 1.165) is 51.4 Å². The van der Waals surface area contributed by atoms with Gasteiger partial charge in [0.1, 0.15) is 12.8 Å². The molecule has 4 nitrogen and oxygen atoms in total. The maximum absolute atomic E-state index is 15.4. The minimum atomic E-state index is -0.968. The van der Waals surface area contributed by atoms with Crippen LogP contribution in [0.5, 0.6) is 0 Å². The summed E-state index contributed by atoms with van der Waals surface area (Å²) < 4.78 is 15.4. The van der Waals surface area contributed by atoms with E-state index in [0.29, 0.717) is 43.0 Å². The fourth-order valence-corrected chi connectivity index (χ4v) is 7.45. The van der Waals surface area contributed by atoms with Crippen LogP contribution in [0, 0.1) is 34.5 Å². The maximum Gasteiger partial charge on any atom is 0.145 e. The summed E-state index contributed by atoms with van der Waals surface area (Å²) in [6, 6.07) is 0. The topological polar surface area (TPSA) is 67.8 Å². The first-order chi connectivity index (χ1) is 12.9. The quantitative estimate of drug-likeness (QED) is 0.571. The molecule has 27 heavy (non-hydrogen) atoms. The van der Waals surface area contributed by atoms with E-state index in [9.17, 15) is 5.11 Å². The first kappa shape index (κ1) is 19.6. The molecule has 154 valence electrons. The van der Waals surface area contributed by atoms with E-state index >= 15 is 4.39 Å². The molecule has 8 atom stereocenters. The number of aliphatic hydroxyl groups is 1. The van der Waals surface area contributed by atoms with E-state index < -0.39 is 6.17 Å². The lowest BCUT2D eigenvalue weighted by molar-refractivity contribution is -0.123. The molecule has 0 radical (unpaired) electrons. The molecule has 0 aliphatic heterocycles. The predicted octanol–water partition coefficient (Wildman–Crippen LogP) is 4.06. The first-order valence-corrected chi connectivity index (χ1v) is 11.1. The lowest BCUT2D eigenvalue weighted by Gasteiger charge is -2.60. The van der Waals surface area contributed by atoms with Crippen LogP contribution < -0.4 is 5.73 Å². The number of hydrogen-bond donors (Lipinski definition) is 2. The number of nitrogens with zero attached hydrogens (tertiary/aromatic N) is 1. The van der Waals surface area contributed by atoms with Crippen LogP contribution in [0.4, 0.5) is 4.39 Å². The molecule has 4 aliphatic rings. The van der Waals surface area contributed by atoms with Crippen LogP contribution in [-0.4, -0.2) is 36.2 Å². The van der Waals surface area contributed by atoms with Crippen LogP contribution in [0.2, 0.25) is 0 Å². The molecule has 0 saturated heterocycles. The standard InChI is InChI=1S/C22H37FN2O2/c1-21-11-9-18(25-27-13-3-12-24)20(23)17(21)5-4-14-15-6-7-19(26)22(15,2)10-8-16(14)21/h14-17,19-20,26H,3-13,24H2,1-2H3/b25-18+/t14-,15-,16-,17?,19-,20-,21+,22-/m0/s1. The van der Waals surface area contributed by atoms with Crippen LogP contribution in [-0.2, 0) is 4.84 Å². The highest BCUT2D eigenvalue weighted by Gasteiger charge is 2.61. The summed E-state index contributed by atoms with van der Waals surface area (Å²) in [7, 11) is 0. The van der Waals surface area contributed by atoms with Gasteiger partial charge < -0.3 is 15.7 Å². The summed E-state index contributed by atoms with van der Waals surface area (Å²) in [5.41, 5.74) is 6.25. The average Bonchev–Trinajstić information content (AvgIpc) is 2.95. The van der Waals surface area contributed by atoms with Crippen molar-refractivity contribution in [1.29, 1.82) is 0 Å². The lowest BCUT2D eigenvalue weighted by atomic mass is 9.45. The molecule has 5 heteroatoms. The summed E-state index contributed by atoms with van der Waals surface area (Å²) >= 11 is 0. The normalized spacial score (nSPS) is 50.8. The van der Waals surface area contributed by atoms with Gasteiger partial charge in [-0.1, -0.05) is 19.0 Å². The monoisotopic (exact) mass is 380 g/mol. The third-order valence-corrected chi connectivity index (χ3v) is 9.11. The van der Waals surface area contributed by atoms with Crippen molar-refractivity contribution in [3.05, 3.63) is 0 Å². The Kier molecular flexibility index (Phi) is 5.30. The predicted molar refractivity (Wildman–Crippen MR) is 105 cm³/mol. The van der Waals surface area contributed by atoms with Gasteiger partial charge in [0, 0.05) is 5.92 Å². The second-order valence-corrected chi connectivity index (χ2v) is 10.2. The summed E-state index contributed by atoms with van der Waals surface area (Å²) in [4.78, 5) is 5.33. The highest BCUT2D eigenvalue weighted by Crippen LogP contribution is 2.66. The zero-order valence-corrected chi connectivity index (χ0v) is 17.0. The number of aliphatic hydroxyl groups excluding tert-OH is 1. The third kappa shape index (κ3) is 3.04. The third-order valence-electron chi connectivity index (χ3n) is 9.11. The van der Waals surface area contributed by atoms with E-state index in [1.54, 1.807) is 0 Å². The number of nitrogens with two attached hydrogens (primary N) is 1. The van der Waals surface area contributed by atoms with E-state index in [2.05, 4.69) is 19.0 Å². The van der Waals surface area contributed by atoms with Gasteiger partial charge >= 0.3 is 0 Å². The minimum Gasteiger partial charge on any atom is -0.396 e. The smallest absolute Gasteiger partial charge is 0.145 e. The Bertz CT molecular complexity index is 585. The SMILES string of the molecule is C[C@]12CC[C@H]3[C@@H](CCC4[C@H](F)/C(=N/OCCCN)CC[C@@]43C)[C@@H]1CC[C@@H]2O. The molecule has 4 saturated carbocycles. The van der Waals surface area contributed by atoms with Crippen molar-refractivity contribution in [1.82, 2.24) is 0 Å². The Hall–Kier alpha value is -0.680. The van der Waals surface area contributed by atoms with Crippen LogP contribution >= 0.6 is 0 Å². The van der Waals surface area contributed by atoms with Gasteiger partial charge in [-0.15, -0.1) is 0 Å². The summed E-state index contributed by atoms with van der Waals surface area (Å²) in [6.45, 7) is 5.70. The Labute approximate surface area is 163 Å². The highest BCUT2D eigenvalue weighted by molar-refractivity contribution is 5.89. The molecule has 0 aromatic heterocycles. The molecular weight excluding hydrogens is 343 g/mol. The summed E-state index contributed by atoms with van der Waals surface area (Å²) in [5, 5.41) is 14.7. The molecule has 0 bridgehead atoms. The number of alkyl halides is 1. The van der Waals surface area contributed by atoms with Crippen molar-refractivity contribution in [2.24, 2.45) is 45.4 Å². The number of halogens is 1. The van der Waals surface area contributed by atoms with Crippen molar-refractivity contribution in [3.8, 4) is 0 Å². The van der Waals surface area contributed by atoms with Crippen LogP contribution in [0.25, 0.3) is 0 Å². The largest absolute Gasteiger partial charge is 0.396 e. The highest BCUT2D eigenvalue weighted by atomic mass is 19.1. The van der Waals surface area contributed by atoms with Gasteiger partial charge in [0.15, 0.2) is 0 Å². The minimum absolute atomic E-state index is 0.0630. The molecule has 0 spiro atoms. The van der Waals surface area contributed by atoms with Gasteiger partial charge in [-0.05, 0) is 92.9 Å². The van der Waals surface area contributed by atoms with Crippen molar-refractivity contribution in [2.45, 2.75) is 83.9 Å². The second-order valence-electron chi connectivity index (χ2n) is 10.2. The van der Waals surface area contributed by atoms with E-state index in [1.807, 2.05) is 0 Å². The molecule has 4 aliphatic carbocycles. The van der Waals surface area contributed by atoms with Gasteiger partial charge in [-0.25, -0.2) is 4.39 Å². The van der Waals surface area contributed by atoms with Gasteiger partial charge in [-0.3, -0.25) is 0 Å². The molecule has 4 fully saturated rings. The molecule has 4 rings (SSSR count). The maximum atomic E-state index is 15.4. The first-order valence-electron chi connectivity index (χ1n) is 11.1. The van der Waals surface area contributed by atoms with Gasteiger partial charge in [0.25, 0.3) is 0 Å². The van der Waals surface area contributed by atoms with Crippen molar-refractivity contribution in [2.75, 3.05) is 13.2 Å². The fourth-order valence-electron chi connectivity index (χ4n) is 7.45. The van der Waals surface area contributed by atoms with Crippen molar-refractivity contribution < 1.29 is 14.3 Å². The van der Waals surface area contributed by atoms with Crippen LogP contribution in [0.3, 0.4) is 0 Å². The van der Waals surface area contributed by atoms with Crippen molar-refractivity contribution >= 4 is 5.71 Å².